The molecule has 0 saturated carbocycles. The van der Waals surface area contributed by atoms with Gasteiger partial charge in [-0.1, -0.05) is 36.4 Å². The first kappa shape index (κ1) is 17.1. The molecule has 3 heterocycles. The van der Waals surface area contributed by atoms with Crippen LogP contribution in [0.3, 0.4) is 0 Å². The van der Waals surface area contributed by atoms with E-state index in [1.165, 1.54) is 6.92 Å². The maximum absolute atomic E-state index is 12.5. The number of Topliss-reactive ketones (excluding diaryl/α,β-unsaturated/α-hetero) is 1. The molecule has 0 bridgehead atoms. The Morgan fingerprint density at radius 3 is 1.72 bits per heavy atom. The number of aromatic carboxylic acids is 1. The van der Waals surface area contributed by atoms with Crippen LogP contribution in [0, 0.1) is 0 Å². The number of carboxylic acid groups (broad SMARTS) is 1. The van der Waals surface area contributed by atoms with Crippen molar-refractivity contribution in [1.82, 2.24) is 15.0 Å². The lowest BCUT2D eigenvalue weighted by Gasteiger charge is -2.06. The Hall–Kier alpha value is -4.06. The van der Waals surface area contributed by atoms with Gasteiger partial charge in [0.1, 0.15) is 5.69 Å². The zero-order chi connectivity index (χ0) is 20.1. The van der Waals surface area contributed by atoms with Crippen LogP contribution in [0.4, 0.5) is 0 Å². The molecule has 5 rings (SSSR count). The van der Waals surface area contributed by atoms with Crippen molar-refractivity contribution in [1.29, 1.82) is 0 Å². The van der Waals surface area contributed by atoms with Gasteiger partial charge < -0.3 is 20.1 Å². The van der Waals surface area contributed by atoms with E-state index in [2.05, 4.69) is 15.0 Å². The highest BCUT2D eigenvalue weighted by Crippen LogP contribution is 2.43. The molecule has 5 aromatic rings. The number of carbonyl (C=O) groups is 2. The second kappa shape index (κ2) is 6.24. The molecule has 0 aliphatic heterocycles. The van der Waals surface area contributed by atoms with E-state index in [-0.39, 0.29) is 17.2 Å². The largest absolute Gasteiger partial charge is 0.477 e. The van der Waals surface area contributed by atoms with E-state index in [0.717, 1.165) is 32.9 Å². The summed E-state index contributed by atoms with van der Waals surface area (Å²) in [6.07, 6.45) is 3.62. The van der Waals surface area contributed by atoms with E-state index in [0.29, 0.717) is 11.1 Å². The van der Waals surface area contributed by atoms with Gasteiger partial charge in [-0.3, -0.25) is 4.79 Å². The lowest BCUT2D eigenvalue weighted by Crippen LogP contribution is -2.00. The van der Waals surface area contributed by atoms with Gasteiger partial charge in [0.15, 0.2) is 5.78 Å². The number of benzene rings is 2. The molecule has 0 atom stereocenters. The molecule has 6 heteroatoms. The number of fused-ring (bicyclic) bond motifs is 2. The summed E-state index contributed by atoms with van der Waals surface area (Å²) in [5.41, 5.74) is 4.72. The summed E-state index contributed by atoms with van der Waals surface area (Å²) in [4.78, 5) is 33.9. The summed E-state index contributed by atoms with van der Waals surface area (Å²) in [7, 11) is 0. The third-order valence-corrected chi connectivity index (χ3v) is 5.28. The molecule has 0 radical (unpaired) electrons. The van der Waals surface area contributed by atoms with Crippen LogP contribution in [0.25, 0.3) is 44.1 Å². The second-order valence-corrected chi connectivity index (χ2v) is 6.98. The summed E-state index contributed by atoms with van der Waals surface area (Å²) in [5, 5.41) is 11.7. The number of aromatic amines is 3. The van der Waals surface area contributed by atoms with E-state index in [4.69, 9.17) is 0 Å². The molecule has 0 fully saturated rings. The first-order valence-corrected chi connectivity index (χ1v) is 9.19. The highest BCUT2D eigenvalue weighted by molar-refractivity contribution is 6.15. The van der Waals surface area contributed by atoms with Crippen LogP contribution in [-0.4, -0.2) is 31.8 Å². The highest BCUT2D eigenvalue weighted by Gasteiger charge is 2.28. The van der Waals surface area contributed by atoms with Gasteiger partial charge in [-0.2, -0.15) is 0 Å². The van der Waals surface area contributed by atoms with Gasteiger partial charge in [-0.25, -0.2) is 4.79 Å². The van der Waals surface area contributed by atoms with Crippen molar-refractivity contribution in [2.75, 3.05) is 0 Å². The third kappa shape index (κ3) is 2.50. The number of ketones is 1. The van der Waals surface area contributed by atoms with Crippen LogP contribution in [0.15, 0.2) is 60.9 Å². The van der Waals surface area contributed by atoms with Crippen LogP contribution in [0.1, 0.15) is 27.9 Å². The number of hydrogen-bond acceptors (Lipinski definition) is 2. The smallest absolute Gasteiger partial charge is 0.352 e. The van der Waals surface area contributed by atoms with E-state index in [9.17, 15) is 14.7 Å². The molecular formula is C23H17N3O3. The SMILES string of the molecule is CC(=O)c1[nH]c(C(=O)O)c(-c2c[nH]c3ccccc23)c1-c1c[nH]c2ccccc12. The monoisotopic (exact) mass is 383 g/mol. The summed E-state index contributed by atoms with van der Waals surface area (Å²) >= 11 is 0. The van der Waals surface area contributed by atoms with Gasteiger partial charge in [0, 0.05) is 63.4 Å². The van der Waals surface area contributed by atoms with E-state index < -0.39 is 5.97 Å². The molecular weight excluding hydrogens is 366 g/mol. The Morgan fingerprint density at radius 2 is 1.24 bits per heavy atom. The van der Waals surface area contributed by atoms with Crippen LogP contribution < -0.4 is 0 Å². The van der Waals surface area contributed by atoms with Crippen molar-refractivity contribution in [3.8, 4) is 22.3 Å². The van der Waals surface area contributed by atoms with Crippen LogP contribution in [0.2, 0.25) is 0 Å². The fourth-order valence-corrected chi connectivity index (χ4v) is 4.02. The number of rotatable bonds is 4. The maximum Gasteiger partial charge on any atom is 0.352 e. The van der Waals surface area contributed by atoms with Gasteiger partial charge in [0.05, 0.1) is 5.69 Å². The van der Waals surface area contributed by atoms with Crippen molar-refractivity contribution < 1.29 is 14.7 Å². The molecule has 29 heavy (non-hydrogen) atoms. The molecule has 0 saturated heterocycles. The number of hydrogen-bond donors (Lipinski definition) is 4. The molecule has 6 nitrogen and oxygen atoms in total. The van der Waals surface area contributed by atoms with Gasteiger partial charge in [-0.15, -0.1) is 0 Å². The van der Waals surface area contributed by atoms with Crippen molar-refractivity contribution in [2.45, 2.75) is 6.92 Å². The topological polar surface area (TPSA) is 102 Å². The van der Waals surface area contributed by atoms with Crippen LogP contribution in [0.5, 0.6) is 0 Å². The average molecular weight is 383 g/mol. The predicted octanol–water partition coefficient (Wildman–Crippen LogP) is 5.21. The Kier molecular flexibility index (Phi) is 3.67. The standard InChI is InChI=1S/C23H17N3O3/c1-12(27)21-19(15-10-24-17-8-4-2-6-13(15)17)20(22(26-21)23(28)29)16-11-25-18-9-5-3-7-14(16)18/h2-11,24-26H,1H3,(H,28,29). The van der Waals surface area contributed by atoms with Gasteiger partial charge in [-0.05, 0) is 12.1 Å². The fraction of sp³-hybridized carbons (Fsp3) is 0.0435. The molecule has 0 aliphatic rings. The number of para-hydroxylation sites is 2. The quantitative estimate of drug-likeness (QED) is 0.320. The van der Waals surface area contributed by atoms with E-state index >= 15 is 0 Å². The lowest BCUT2D eigenvalue weighted by atomic mass is 9.93. The van der Waals surface area contributed by atoms with Crippen molar-refractivity contribution in [3.63, 3.8) is 0 Å². The molecule has 0 spiro atoms. The van der Waals surface area contributed by atoms with Crippen LogP contribution in [-0.2, 0) is 0 Å². The number of carboxylic acids is 1. The minimum Gasteiger partial charge on any atom is -0.477 e. The Bertz CT molecular complexity index is 1310. The first-order valence-electron chi connectivity index (χ1n) is 9.19. The Morgan fingerprint density at radius 1 is 0.759 bits per heavy atom. The minimum atomic E-state index is -1.11. The van der Waals surface area contributed by atoms with Crippen LogP contribution >= 0.6 is 0 Å². The third-order valence-electron chi connectivity index (χ3n) is 5.28. The Labute approximate surface area is 165 Å². The number of H-pyrrole nitrogens is 3. The molecule has 142 valence electrons. The summed E-state index contributed by atoms with van der Waals surface area (Å²) in [5.74, 6) is -1.34. The molecule has 0 aliphatic carbocycles. The fourth-order valence-electron chi connectivity index (χ4n) is 4.02. The average Bonchev–Trinajstić information content (AvgIpc) is 3.41. The highest BCUT2D eigenvalue weighted by atomic mass is 16.4. The summed E-state index contributed by atoms with van der Waals surface area (Å²) in [6.45, 7) is 1.44. The molecule has 4 N–H and O–H groups in total. The second-order valence-electron chi connectivity index (χ2n) is 6.98. The zero-order valence-electron chi connectivity index (χ0n) is 15.5. The zero-order valence-corrected chi connectivity index (χ0v) is 15.5. The van der Waals surface area contributed by atoms with Crippen molar-refractivity contribution in [2.24, 2.45) is 0 Å². The molecule has 0 amide bonds. The van der Waals surface area contributed by atoms with Crippen molar-refractivity contribution in [3.05, 3.63) is 72.3 Å². The lowest BCUT2D eigenvalue weighted by molar-refractivity contribution is 0.0692. The predicted molar refractivity (Wildman–Crippen MR) is 112 cm³/mol. The maximum atomic E-state index is 12.5. The molecule has 3 aromatic heterocycles. The number of aromatic nitrogens is 3. The summed E-state index contributed by atoms with van der Waals surface area (Å²) in [6, 6.07) is 15.4. The van der Waals surface area contributed by atoms with Gasteiger partial charge in [0.2, 0.25) is 0 Å². The van der Waals surface area contributed by atoms with E-state index in [1.54, 1.807) is 6.20 Å². The first-order chi connectivity index (χ1) is 14.1. The van der Waals surface area contributed by atoms with Crippen molar-refractivity contribution >= 4 is 33.6 Å². The number of carbonyl (C=O) groups excluding carboxylic acids is 1. The normalized spacial score (nSPS) is 11.3. The molecule has 0 unspecified atom stereocenters. The molecule has 2 aromatic carbocycles. The summed E-state index contributed by atoms with van der Waals surface area (Å²) < 4.78 is 0. The van der Waals surface area contributed by atoms with Gasteiger partial charge >= 0.3 is 5.97 Å². The van der Waals surface area contributed by atoms with Gasteiger partial charge in [0.25, 0.3) is 0 Å². The number of nitrogens with one attached hydrogen (secondary N) is 3. The Balaban J connectivity index is 1.94. The minimum absolute atomic E-state index is 0.000217. The van der Waals surface area contributed by atoms with E-state index in [1.807, 2.05) is 54.7 Å².